The molecule has 23 heavy (non-hydrogen) atoms. The molecule has 124 valence electrons. The molecule has 0 aliphatic heterocycles. The van der Waals surface area contributed by atoms with Crippen LogP contribution in [0.5, 0.6) is 11.5 Å². The second-order valence-corrected chi connectivity index (χ2v) is 7.76. The number of hydrogen-bond acceptors (Lipinski definition) is 4. The van der Waals surface area contributed by atoms with Crippen LogP contribution in [0.1, 0.15) is 5.56 Å². The number of halogens is 1. The Morgan fingerprint density at radius 3 is 2.22 bits per heavy atom. The molecule has 0 saturated heterocycles. The largest absolute Gasteiger partial charge is 0.497 e. The van der Waals surface area contributed by atoms with Crippen LogP contribution in [0.4, 0.5) is 5.69 Å². The van der Waals surface area contributed by atoms with E-state index in [1.54, 1.807) is 18.2 Å². The number of anilines is 1. The standard InChI is InChI=1S/C16H18BrNO4S/c1-21-14-8-9-16(22-2)15(10-14)18(23(3,19)20)11-12-4-6-13(17)7-5-12/h4-10H,11H2,1-3H3. The van der Waals surface area contributed by atoms with E-state index in [-0.39, 0.29) is 6.54 Å². The third-order valence-corrected chi connectivity index (χ3v) is 4.95. The summed E-state index contributed by atoms with van der Waals surface area (Å²) in [6.45, 7) is 0.204. The molecular weight excluding hydrogens is 382 g/mol. The normalized spacial score (nSPS) is 11.1. The number of ether oxygens (including phenoxy) is 2. The summed E-state index contributed by atoms with van der Waals surface area (Å²) in [7, 11) is -0.460. The first kappa shape index (κ1) is 17.6. The Morgan fingerprint density at radius 1 is 1.04 bits per heavy atom. The van der Waals surface area contributed by atoms with E-state index in [2.05, 4.69) is 15.9 Å². The van der Waals surface area contributed by atoms with E-state index in [0.717, 1.165) is 10.0 Å². The Labute approximate surface area is 145 Å². The fourth-order valence-electron chi connectivity index (χ4n) is 2.13. The van der Waals surface area contributed by atoms with E-state index in [1.807, 2.05) is 24.3 Å². The van der Waals surface area contributed by atoms with E-state index in [1.165, 1.54) is 24.8 Å². The van der Waals surface area contributed by atoms with Crippen molar-refractivity contribution >= 4 is 31.6 Å². The Balaban J connectivity index is 2.49. The van der Waals surface area contributed by atoms with Gasteiger partial charge < -0.3 is 9.47 Å². The first-order chi connectivity index (χ1) is 10.8. The van der Waals surface area contributed by atoms with Gasteiger partial charge in [-0.3, -0.25) is 4.31 Å². The van der Waals surface area contributed by atoms with Crippen molar-refractivity contribution in [2.75, 3.05) is 24.8 Å². The molecule has 0 heterocycles. The van der Waals surface area contributed by atoms with Gasteiger partial charge in [-0.2, -0.15) is 0 Å². The van der Waals surface area contributed by atoms with E-state index in [4.69, 9.17) is 9.47 Å². The zero-order valence-electron chi connectivity index (χ0n) is 13.1. The lowest BCUT2D eigenvalue weighted by molar-refractivity contribution is 0.403. The minimum atomic E-state index is -3.50. The summed E-state index contributed by atoms with van der Waals surface area (Å²) in [5.74, 6) is 1.03. The molecule has 0 aliphatic rings. The number of rotatable bonds is 6. The van der Waals surface area contributed by atoms with E-state index in [9.17, 15) is 8.42 Å². The van der Waals surface area contributed by atoms with Crippen molar-refractivity contribution in [2.45, 2.75) is 6.54 Å². The summed E-state index contributed by atoms with van der Waals surface area (Å²) in [4.78, 5) is 0. The summed E-state index contributed by atoms with van der Waals surface area (Å²) < 4.78 is 37.3. The van der Waals surface area contributed by atoms with Gasteiger partial charge in [-0.1, -0.05) is 28.1 Å². The van der Waals surface area contributed by atoms with Gasteiger partial charge >= 0.3 is 0 Å². The van der Waals surface area contributed by atoms with Gasteiger partial charge in [0.1, 0.15) is 11.5 Å². The minimum Gasteiger partial charge on any atom is -0.497 e. The highest BCUT2D eigenvalue weighted by atomic mass is 79.9. The third-order valence-electron chi connectivity index (χ3n) is 3.29. The summed E-state index contributed by atoms with van der Waals surface area (Å²) in [5.41, 5.74) is 1.31. The number of benzene rings is 2. The first-order valence-corrected chi connectivity index (χ1v) is 9.43. The summed E-state index contributed by atoms with van der Waals surface area (Å²) in [6, 6.07) is 12.6. The lowest BCUT2D eigenvalue weighted by Crippen LogP contribution is -2.29. The molecule has 2 rings (SSSR count). The smallest absolute Gasteiger partial charge is 0.232 e. The van der Waals surface area contributed by atoms with Gasteiger partial charge in [0.15, 0.2) is 0 Å². The van der Waals surface area contributed by atoms with Crippen LogP contribution in [-0.4, -0.2) is 28.9 Å². The molecule has 0 bridgehead atoms. The molecular formula is C16H18BrNO4S. The summed E-state index contributed by atoms with van der Waals surface area (Å²) >= 11 is 3.37. The van der Waals surface area contributed by atoms with Crippen LogP contribution in [-0.2, 0) is 16.6 Å². The topological polar surface area (TPSA) is 55.8 Å². The molecule has 0 spiro atoms. The Hall–Kier alpha value is -1.73. The van der Waals surface area contributed by atoms with Gasteiger partial charge in [0.05, 0.1) is 32.7 Å². The van der Waals surface area contributed by atoms with Crippen molar-refractivity contribution < 1.29 is 17.9 Å². The second kappa shape index (κ2) is 7.23. The monoisotopic (exact) mass is 399 g/mol. The van der Waals surface area contributed by atoms with Gasteiger partial charge in [0, 0.05) is 10.5 Å². The van der Waals surface area contributed by atoms with Crippen molar-refractivity contribution in [1.29, 1.82) is 0 Å². The second-order valence-electron chi connectivity index (χ2n) is 4.93. The highest BCUT2D eigenvalue weighted by molar-refractivity contribution is 9.10. The molecule has 0 atom stereocenters. The van der Waals surface area contributed by atoms with Crippen molar-refractivity contribution in [3.05, 3.63) is 52.5 Å². The van der Waals surface area contributed by atoms with Crippen LogP contribution in [0, 0.1) is 0 Å². The van der Waals surface area contributed by atoms with E-state index in [0.29, 0.717) is 17.2 Å². The lowest BCUT2D eigenvalue weighted by Gasteiger charge is -2.25. The molecule has 7 heteroatoms. The van der Waals surface area contributed by atoms with Crippen LogP contribution in [0.15, 0.2) is 46.9 Å². The molecule has 0 aliphatic carbocycles. The average Bonchev–Trinajstić information content (AvgIpc) is 2.52. The van der Waals surface area contributed by atoms with E-state index < -0.39 is 10.0 Å². The van der Waals surface area contributed by atoms with Crippen LogP contribution in [0.25, 0.3) is 0 Å². The van der Waals surface area contributed by atoms with Gasteiger partial charge in [0.2, 0.25) is 10.0 Å². The molecule has 0 N–H and O–H groups in total. The number of methoxy groups -OCH3 is 2. The zero-order valence-corrected chi connectivity index (χ0v) is 15.5. The zero-order chi connectivity index (χ0) is 17.0. The fraction of sp³-hybridized carbons (Fsp3) is 0.250. The van der Waals surface area contributed by atoms with Gasteiger partial charge in [-0.25, -0.2) is 8.42 Å². The maximum absolute atomic E-state index is 12.3. The van der Waals surface area contributed by atoms with Crippen LogP contribution >= 0.6 is 15.9 Å². The van der Waals surface area contributed by atoms with Gasteiger partial charge in [0.25, 0.3) is 0 Å². The highest BCUT2D eigenvalue weighted by Gasteiger charge is 2.22. The van der Waals surface area contributed by atoms with Crippen LogP contribution in [0.2, 0.25) is 0 Å². The molecule has 0 saturated carbocycles. The van der Waals surface area contributed by atoms with Crippen LogP contribution < -0.4 is 13.8 Å². The molecule has 0 unspecified atom stereocenters. The quantitative estimate of drug-likeness (QED) is 0.746. The van der Waals surface area contributed by atoms with Gasteiger partial charge in [-0.15, -0.1) is 0 Å². The molecule has 0 fully saturated rings. The molecule has 5 nitrogen and oxygen atoms in total. The molecule has 0 amide bonds. The predicted molar refractivity (Wildman–Crippen MR) is 94.7 cm³/mol. The highest BCUT2D eigenvalue weighted by Crippen LogP contribution is 2.34. The SMILES string of the molecule is COc1ccc(OC)c(N(Cc2ccc(Br)cc2)S(C)(=O)=O)c1. The summed E-state index contributed by atoms with van der Waals surface area (Å²) in [6.07, 6.45) is 1.17. The van der Waals surface area contributed by atoms with E-state index >= 15 is 0 Å². The Morgan fingerprint density at radius 2 is 1.70 bits per heavy atom. The number of nitrogens with zero attached hydrogens (tertiary/aromatic N) is 1. The Kier molecular flexibility index (Phi) is 5.54. The minimum absolute atomic E-state index is 0.204. The predicted octanol–water partition coefficient (Wildman–Crippen LogP) is 3.43. The van der Waals surface area contributed by atoms with Crippen molar-refractivity contribution in [3.63, 3.8) is 0 Å². The first-order valence-electron chi connectivity index (χ1n) is 6.79. The maximum Gasteiger partial charge on any atom is 0.232 e. The fourth-order valence-corrected chi connectivity index (χ4v) is 3.28. The molecule has 2 aromatic carbocycles. The third kappa shape index (κ3) is 4.39. The number of sulfonamides is 1. The molecule has 0 aromatic heterocycles. The number of hydrogen-bond donors (Lipinski definition) is 0. The Bertz CT molecular complexity index is 775. The average molecular weight is 400 g/mol. The molecule has 0 radical (unpaired) electrons. The van der Waals surface area contributed by atoms with Crippen molar-refractivity contribution in [1.82, 2.24) is 0 Å². The maximum atomic E-state index is 12.3. The summed E-state index contributed by atoms with van der Waals surface area (Å²) in [5, 5.41) is 0. The van der Waals surface area contributed by atoms with Gasteiger partial charge in [-0.05, 0) is 29.8 Å². The van der Waals surface area contributed by atoms with Crippen molar-refractivity contribution in [2.24, 2.45) is 0 Å². The van der Waals surface area contributed by atoms with Crippen LogP contribution in [0.3, 0.4) is 0 Å². The van der Waals surface area contributed by atoms with Crippen molar-refractivity contribution in [3.8, 4) is 11.5 Å². The lowest BCUT2D eigenvalue weighted by atomic mass is 10.2. The molecule has 2 aromatic rings.